The molecule has 5 nitrogen and oxygen atoms in total. The van der Waals surface area contributed by atoms with Crippen molar-refractivity contribution in [3.05, 3.63) is 0 Å². The van der Waals surface area contributed by atoms with Gasteiger partial charge in [-0.1, -0.05) is 13.3 Å². The maximum atomic E-state index is 12.2. The van der Waals surface area contributed by atoms with Crippen LogP contribution in [0.3, 0.4) is 0 Å². The summed E-state index contributed by atoms with van der Waals surface area (Å²) >= 11 is 0. The molecule has 0 aromatic carbocycles. The highest BCUT2D eigenvalue weighted by Gasteiger charge is 2.41. The van der Waals surface area contributed by atoms with Crippen LogP contribution in [0.5, 0.6) is 0 Å². The monoisotopic (exact) mass is 284 g/mol. The summed E-state index contributed by atoms with van der Waals surface area (Å²) < 4.78 is 11.4. The summed E-state index contributed by atoms with van der Waals surface area (Å²) in [5, 5.41) is 3.10. The standard InChI is InChI=1S/C15H28N2O3/c1-4-5-12(2)16-14(18)13(3)17-8-6-15(7-9-17)19-10-11-20-15/h12-13H,4-11H2,1-3H3,(H,16,18). The van der Waals surface area contributed by atoms with E-state index in [2.05, 4.69) is 24.1 Å². The lowest BCUT2D eigenvalue weighted by molar-refractivity contribution is -0.188. The molecular formula is C15H28N2O3. The third-order valence-corrected chi connectivity index (χ3v) is 4.41. The van der Waals surface area contributed by atoms with Gasteiger partial charge in [-0.15, -0.1) is 0 Å². The van der Waals surface area contributed by atoms with Gasteiger partial charge < -0.3 is 14.8 Å². The minimum absolute atomic E-state index is 0.0759. The predicted molar refractivity (Wildman–Crippen MR) is 77.4 cm³/mol. The molecule has 1 amide bonds. The molecule has 0 bridgehead atoms. The molecule has 1 spiro atoms. The van der Waals surface area contributed by atoms with Gasteiger partial charge in [0.2, 0.25) is 5.91 Å². The molecule has 0 aliphatic carbocycles. The van der Waals surface area contributed by atoms with Crippen LogP contribution in [0, 0.1) is 0 Å². The molecule has 0 radical (unpaired) electrons. The van der Waals surface area contributed by atoms with E-state index in [0.717, 1.165) is 38.8 Å². The second-order valence-electron chi connectivity index (χ2n) is 6.02. The molecule has 2 rings (SSSR count). The molecule has 0 aromatic heterocycles. The molecule has 20 heavy (non-hydrogen) atoms. The Morgan fingerprint density at radius 2 is 1.85 bits per heavy atom. The number of hydrogen-bond donors (Lipinski definition) is 1. The topological polar surface area (TPSA) is 50.8 Å². The first kappa shape index (κ1) is 15.7. The summed E-state index contributed by atoms with van der Waals surface area (Å²) in [5.41, 5.74) is 0. The van der Waals surface area contributed by atoms with Gasteiger partial charge in [0.05, 0.1) is 19.3 Å². The number of likely N-dealkylation sites (tertiary alicyclic amines) is 1. The molecule has 2 unspecified atom stereocenters. The number of nitrogens with zero attached hydrogens (tertiary/aromatic N) is 1. The van der Waals surface area contributed by atoms with Crippen molar-refractivity contribution in [2.24, 2.45) is 0 Å². The average Bonchev–Trinajstić information content (AvgIpc) is 2.87. The first-order valence-electron chi connectivity index (χ1n) is 7.88. The van der Waals surface area contributed by atoms with Crippen molar-refractivity contribution < 1.29 is 14.3 Å². The lowest BCUT2D eigenvalue weighted by Crippen LogP contribution is -2.53. The number of ether oxygens (including phenoxy) is 2. The maximum absolute atomic E-state index is 12.2. The van der Waals surface area contributed by atoms with Gasteiger partial charge in [0.15, 0.2) is 5.79 Å². The third-order valence-electron chi connectivity index (χ3n) is 4.41. The third kappa shape index (κ3) is 3.71. The minimum Gasteiger partial charge on any atom is -0.352 e. The zero-order valence-electron chi connectivity index (χ0n) is 13.0. The molecule has 0 saturated carbocycles. The molecule has 2 heterocycles. The van der Waals surface area contributed by atoms with Crippen molar-refractivity contribution in [3.63, 3.8) is 0 Å². The summed E-state index contributed by atoms with van der Waals surface area (Å²) in [4.78, 5) is 14.5. The van der Waals surface area contributed by atoms with E-state index in [9.17, 15) is 4.79 Å². The van der Waals surface area contributed by atoms with Gasteiger partial charge >= 0.3 is 0 Å². The Labute approximate surface area is 122 Å². The first-order chi connectivity index (χ1) is 9.56. The lowest BCUT2D eigenvalue weighted by atomic mass is 10.0. The van der Waals surface area contributed by atoms with Crippen LogP contribution in [0.15, 0.2) is 0 Å². The van der Waals surface area contributed by atoms with E-state index in [-0.39, 0.29) is 23.8 Å². The molecule has 116 valence electrons. The Balaban J connectivity index is 1.78. The Hall–Kier alpha value is -0.650. The zero-order valence-corrected chi connectivity index (χ0v) is 13.0. The van der Waals surface area contributed by atoms with E-state index in [1.165, 1.54) is 0 Å². The van der Waals surface area contributed by atoms with Gasteiger partial charge in [-0.25, -0.2) is 0 Å². The van der Waals surface area contributed by atoms with E-state index in [0.29, 0.717) is 13.2 Å². The molecule has 1 N–H and O–H groups in total. The van der Waals surface area contributed by atoms with Crippen LogP contribution in [0.2, 0.25) is 0 Å². The second-order valence-corrected chi connectivity index (χ2v) is 6.02. The zero-order chi connectivity index (χ0) is 14.6. The average molecular weight is 284 g/mol. The van der Waals surface area contributed by atoms with Gasteiger partial charge in [0, 0.05) is 32.0 Å². The highest BCUT2D eigenvalue weighted by atomic mass is 16.7. The minimum atomic E-state index is -0.359. The highest BCUT2D eigenvalue weighted by Crippen LogP contribution is 2.31. The summed E-state index contributed by atoms with van der Waals surface area (Å²) in [5.74, 6) is -0.225. The van der Waals surface area contributed by atoms with Gasteiger partial charge in [0.1, 0.15) is 0 Å². The number of carbonyl (C=O) groups is 1. The van der Waals surface area contributed by atoms with Crippen molar-refractivity contribution in [1.82, 2.24) is 10.2 Å². The number of carbonyl (C=O) groups excluding carboxylic acids is 1. The fourth-order valence-electron chi connectivity index (χ4n) is 3.07. The van der Waals surface area contributed by atoms with Gasteiger partial charge in [0.25, 0.3) is 0 Å². The van der Waals surface area contributed by atoms with Gasteiger partial charge in [-0.05, 0) is 20.3 Å². The number of hydrogen-bond acceptors (Lipinski definition) is 4. The number of rotatable bonds is 5. The van der Waals surface area contributed by atoms with Crippen molar-refractivity contribution in [2.45, 2.75) is 64.3 Å². The SMILES string of the molecule is CCCC(C)NC(=O)C(C)N1CCC2(CC1)OCCO2. The molecule has 2 saturated heterocycles. The molecule has 2 aliphatic rings. The van der Waals surface area contributed by atoms with Crippen LogP contribution in [0.4, 0.5) is 0 Å². The van der Waals surface area contributed by atoms with Crippen LogP contribution in [-0.2, 0) is 14.3 Å². The number of nitrogens with one attached hydrogen (secondary N) is 1. The van der Waals surface area contributed by atoms with Crippen LogP contribution in [0.25, 0.3) is 0 Å². The fourth-order valence-corrected chi connectivity index (χ4v) is 3.07. The van der Waals surface area contributed by atoms with Gasteiger partial charge in [-0.3, -0.25) is 9.69 Å². The van der Waals surface area contributed by atoms with Crippen LogP contribution < -0.4 is 5.32 Å². The maximum Gasteiger partial charge on any atom is 0.237 e. The Bertz CT molecular complexity index is 319. The van der Waals surface area contributed by atoms with E-state index in [4.69, 9.17) is 9.47 Å². The molecule has 2 atom stereocenters. The summed E-state index contributed by atoms with van der Waals surface area (Å²) in [6.07, 6.45) is 3.84. The molecular weight excluding hydrogens is 256 g/mol. The molecule has 0 aromatic rings. The van der Waals surface area contributed by atoms with Crippen molar-refractivity contribution >= 4 is 5.91 Å². The molecule has 2 fully saturated rings. The smallest absolute Gasteiger partial charge is 0.237 e. The first-order valence-corrected chi connectivity index (χ1v) is 7.88. The van der Waals surface area contributed by atoms with Crippen molar-refractivity contribution in [3.8, 4) is 0 Å². The molecule has 2 aliphatic heterocycles. The molecule has 5 heteroatoms. The number of amides is 1. The normalized spacial score (nSPS) is 25.6. The van der Waals surface area contributed by atoms with Crippen LogP contribution in [-0.4, -0.2) is 55.0 Å². The Kier molecular flexibility index (Phi) is 5.41. The second kappa shape index (κ2) is 6.87. The van der Waals surface area contributed by atoms with E-state index >= 15 is 0 Å². The summed E-state index contributed by atoms with van der Waals surface area (Å²) in [6, 6.07) is 0.181. The lowest BCUT2D eigenvalue weighted by Gasteiger charge is -2.39. The Morgan fingerprint density at radius 1 is 1.25 bits per heavy atom. The van der Waals surface area contributed by atoms with Crippen molar-refractivity contribution in [1.29, 1.82) is 0 Å². The fraction of sp³-hybridized carbons (Fsp3) is 0.933. The van der Waals surface area contributed by atoms with Crippen molar-refractivity contribution in [2.75, 3.05) is 26.3 Å². The van der Waals surface area contributed by atoms with Crippen LogP contribution >= 0.6 is 0 Å². The number of piperidine rings is 1. The van der Waals surface area contributed by atoms with E-state index in [1.54, 1.807) is 0 Å². The Morgan fingerprint density at radius 3 is 2.40 bits per heavy atom. The predicted octanol–water partition coefficient (Wildman–Crippen LogP) is 1.52. The quantitative estimate of drug-likeness (QED) is 0.831. The summed E-state index contributed by atoms with van der Waals surface area (Å²) in [7, 11) is 0. The highest BCUT2D eigenvalue weighted by molar-refractivity contribution is 5.81. The van der Waals surface area contributed by atoms with Crippen LogP contribution in [0.1, 0.15) is 46.5 Å². The van der Waals surface area contributed by atoms with Gasteiger partial charge in [-0.2, -0.15) is 0 Å². The van der Waals surface area contributed by atoms with E-state index in [1.807, 2.05) is 6.92 Å². The van der Waals surface area contributed by atoms with E-state index < -0.39 is 0 Å². The summed E-state index contributed by atoms with van der Waals surface area (Å²) in [6.45, 7) is 9.31. The largest absolute Gasteiger partial charge is 0.352 e.